The second-order valence-electron chi connectivity index (χ2n) is 4.19. The zero-order valence-electron chi connectivity index (χ0n) is 10.3. The summed E-state index contributed by atoms with van der Waals surface area (Å²) in [6.07, 6.45) is 3.56. The number of hydrogen-bond donors (Lipinski definition) is 1. The van der Waals surface area contributed by atoms with Crippen LogP contribution in [0.3, 0.4) is 0 Å². The highest BCUT2D eigenvalue weighted by molar-refractivity contribution is 6.32. The van der Waals surface area contributed by atoms with Gasteiger partial charge in [0.15, 0.2) is 0 Å². The molecule has 2 heterocycles. The molecule has 0 amide bonds. The summed E-state index contributed by atoms with van der Waals surface area (Å²) in [6, 6.07) is 9.39. The average Bonchev–Trinajstić information content (AvgIpc) is 3.00. The molecule has 0 atom stereocenters. The number of aryl methyl sites for hydroxylation is 1. The van der Waals surface area contributed by atoms with Crippen LogP contribution in [-0.2, 0) is 7.05 Å². The third-order valence-electron chi connectivity index (χ3n) is 2.91. The minimum Gasteiger partial charge on any atom is -0.384 e. The molecule has 3 aromatic rings. The SMILES string of the molecule is Cn1nc(-c2ccc(-n3cccn3)c(Cl)c2)cc1N. The molecule has 0 spiro atoms. The largest absolute Gasteiger partial charge is 0.384 e. The van der Waals surface area contributed by atoms with Crippen LogP contribution in [0.1, 0.15) is 0 Å². The molecule has 0 saturated heterocycles. The van der Waals surface area contributed by atoms with E-state index in [1.54, 1.807) is 22.6 Å². The van der Waals surface area contributed by atoms with Gasteiger partial charge in [0, 0.05) is 31.1 Å². The zero-order valence-corrected chi connectivity index (χ0v) is 11.0. The van der Waals surface area contributed by atoms with E-state index < -0.39 is 0 Å². The second kappa shape index (κ2) is 4.44. The Bertz CT molecular complexity index is 695. The summed E-state index contributed by atoms with van der Waals surface area (Å²) < 4.78 is 3.35. The highest BCUT2D eigenvalue weighted by Crippen LogP contribution is 2.27. The van der Waals surface area contributed by atoms with Crippen molar-refractivity contribution in [1.82, 2.24) is 19.6 Å². The van der Waals surface area contributed by atoms with Crippen LogP contribution in [0, 0.1) is 0 Å². The van der Waals surface area contributed by atoms with Gasteiger partial charge in [-0.05, 0) is 18.2 Å². The lowest BCUT2D eigenvalue weighted by molar-refractivity contribution is 0.782. The topological polar surface area (TPSA) is 61.7 Å². The summed E-state index contributed by atoms with van der Waals surface area (Å²) in [7, 11) is 1.80. The van der Waals surface area contributed by atoms with Crippen molar-refractivity contribution in [3.63, 3.8) is 0 Å². The number of nitrogens with two attached hydrogens (primary N) is 1. The highest BCUT2D eigenvalue weighted by atomic mass is 35.5. The Kier molecular flexibility index (Phi) is 2.76. The molecule has 5 nitrogen and oxygen atoms in total. The van der Waals surface area contributed by atoms with Gasteiger partial charge in [0.2, 0.25) is 0 Å². The molecule has 0 radical (unpaired) electrons. The molecule has 3 rings (SSSR count). The maximum Gasteiger partial charge on any atom is 0.121 e. The first-order chi connectivity index (χ1) is 9.15. The van der Waals surface area contributed by atoms with Crippen LogP contribution in [0.5, 0.6) is 0 Å². The first kappa shape index (κ1) is 11.8. The standard InChI is InChI=1S/C13H12ClN5/c1-18-13(15)8-11(17-18)9-3-4-12(10(14)7-9)19-6-2-5-16-19/h2-8H,15H2,1H3. The highest BCUT2D eigenvalue weighted by Gasteiger charge is 2.09. The van der Waals surface area contributed by atoms with Gasteiger partial charge >= 0.3 is 0 Å². The van der Waals surface area contributed by atoms with Crippen molar-refractivity contribution in [3.05, 3.63) is 47.7 Å². The number of anilines is 1. The predicted octanol–water partition coefficient (Wildman–Crippen LogP) is 2.51. The van der Waals surface area contributed by atoms with Crippen LogP contribution in [0.25, 0.3) is 16.9 Å². The predicted molar refractivity (Wildman–Crippen MR) is 75.2 cm³/mol. The normalized spacial score (nSPS) is 10.8. The van der Waals surface area contributed by atoms with Gasteiger partial charge in [0.1, 0.15) is 5.82 Å². The molecule has 0 aliphatic heterocycles. The van der Waals surface area contributed by atoms with Gasteiger partial charge < -0.3 is 5.73 Å². The molecule has 96 valence electrons. The van der Waals surface area contributed by atoms with E-state index >= 15 is 0 Å². The maximum atomic E-state index is 6.29. The van der Waals surface area contributed by atoms with E-state index in [0.29, 0.717) is 10.8 Å². The molecule has 19 heavy (non-hydrogen) atoms. The van der Waals surface area contributed by atoms with E-state index in [1.165, 1.54) is 0 Å². The molecule has 1 aromatic carbocycles. The summed E-state index contributed by atoms with van der Waals surface area (Å²) in [6.45, 7) is 0. The van der Waals surface area contributed by atoms with Crippen molar-refractivity contribution < 1.29 is 0 Å². The average molecular weight is 274 g/mol. The molecule has 2 N–H and O–H groups in total. The first-order valence-corrected chi connectivity index (χ1v) is 6.12. The van der Waals surface area contributed by atoms with E-state index in [1.807, 2.05) is 36.5 Å². The molecule has 0 unspecified atom stereocenters. The Morgan fingerprint density at radius 1 is 1.26 bits per heavy atom. The van der Waals surface area contributed by atoms with Gasteiger partial charge in [0.25, 0.3) is 0 Å². The summed E-state index contributed by atoms with van der Waals surface area (Å²) in [5.41, 5.74) is 8.33. The van der Waals surface area contributed by atoms with Gasteiger partial charge in [-0.15, -0.1) is 0 Å². The number of hydrogen-bond acceptors (Lipinski definition) is 3. The van der Waals surface area contributed by atoms with Gasteiger partial charge in [-0.1, -0.05) is 17.7 Å². The molecule has 6 heteroatoms. The van der Waals surface area contributed by atoms with E-state index in [2.05, 4.69) is 10.2 Å². The van der Waals surface area contributed by atoms with Crippen molar-refractivity contribution in [2.75, 3.05) is 5.73 Å². The molecule has 0 fully saturated rings. The Hall–Kier alpha value is -2.27. The fourth-order valence-electron chi connectivity index (χ4n) is 1.89. The lowest BCUT2D eigenvalue weighted by Gasteiger charge is -2.05. The third kappa shape index (κ3) is 2.08. The van der Waals surface area contributed by atoms with E-state index in [4.69, 9.17) is 17.3 Å². The van der Waals surface area contributed by atoms with E-state index in [0.717, 1.165) is 16.9 Å². The van der Waals surface area contributed by atoms with E-state index in [-0.39, 0.29) is 0 Å². The second-order valence-corrected chi connectivity index (χ2v) is 4.60. The third-order valence-corrected chi connectivity index (χ3v) is 3.21. The fraction of sp³-hybridized carbons (Fsp3) is 0.0769. The number of nitrogen functional groups attached to an aromatic ring is 1. The molecule has 0 bridgehead atoms. The van der Waals surface area contributed by atoms with Crippen LogP contribution in [0.15, 0.2) is 42.7 Å². The minimum atomic E-state index is 0.613. The smallest absolute Gasteiger partial charge is 0.121 e. The number of rotatable bonds is 2. The van der Waals surface area contributed by atoms with E-state index in [9.17, 15) is 0 Å². The zero-order chi connectivity index (χ0) is 13.4. The molecule has 2 aromatic heterocycles. The van der Waals surface area contributed by atoms with Gasteiger partial charge in [-0.25, -0.2) is 4.68 Å². The van der Waals surface area contributed by atoms with Gasteiger partial charge in [0.05, 0.1) is 16.4 Å². The summed E-state index contributed by atoms with van der Waals surface area (Å²) in [5.74, 6) is 0.613. The Labute approximate surface area is 115 Å². The number of benzene rings is 1. The lowest BCUT2D eigenvalue weighted by Crippen LogP contribution is -1.97. The van der Waals surface area contributed by atoms with Crippen molar-refractivity contribution in [2.45, 2.75) is 0 Å². The minimum absolute atomic E-state index is 0.613. The monoisotopic (exact) mass is 273 g/mol. The molecule has 0 aliphatic rings. The Morgan fingerprint density at radius 2 is 2.11 bits per heavy atom. The van der Waals surface area contributed by atoms with Crippen LogP contribution in [0.4, 0.5) is 5.82 Å². The number of aromatic nitrogens is 4. The number of halogens is 1. The van der Waals surface area contributed by atoms with Crippen molar-refractivity contribution in [1.29, 1.82) is 0 Å². The lowest BCUT2D eigenvalue weighted by atomic mass is 10.1. The molecule has 0 saturated carbocycles. The molecular formula is C13H12ClN5. The maximum absolute atomic E-state index is 6.29. The summed E-state index contributed by atoms with van der Waals surface area (Å²) in [5, 5.41) is 9.10. The van der Waals surface area contributed by atoms with Gasteiger partial charge in [-0.2, -0.15) is 10.2 Å². The van der Waals surface area contributed by atoms with Crippen LogP contribution < -0.4 is 5.73 Å². The summed E-state index contributed by atoms with van der Waals surface area (Å²) in [4.78, 5) is 0. The van der Waals surface area contributed by atoms with Crippen LogP contribution in [-0.4, -0.2) is 19.6 Å². The van der Waals surface area contributed by atoms with Crippen LogP contribution >= 0.6 is 11.6 Å². The fourth-order valence-corrected chi connectivity index (χ4v) is 2.15. The van der Waals surface area contributed by atoms with Crippen molar-refractivity contribution in [3.8, 4) is 16.9 Å². The summed E-state index contributed by atoms with van der Waals surface area (Å²) >= 11 is 6.29. The first-order valence-electron chi connectivity index (χ1n) is 5.74. The van der Waals surface area contributed by atoms with Gasteiger partial charge in [-0.3, -0.25) is 4.68 Å². The Morgan fingerprint density at radius 3 is 2.68 bits per heavy atom. The Balaban J connectivity index is 2.04. The van der Waals surface area contributed by atoms with Crippen molar-refractivity contribution >= 4 is 17.4 Å². The van der Waals surface area contributed by atoms with Crippen molar-refractivity contribution in [2.24, 2.45) is 7.05 Å². The van der Waals surface area contributed by atoms with Crippen LogP contribution in [0.2, 0.25) is 5.02 Å². The molecular weight excluding hydrogens is 262 g/mol. The number of nitrogens with zero attached hydrogens (tertiary/aromatic N) is 4. The quantitative estimate of drug-likeness (QED) is 0.780. The molecule has 0 aliphatic carbocycles.